The van der Waals surface area contributed by atoms with Gasteiger partial charge in [0.05, 0.1) is 24.8 Å². The lowest BCUT2D eigenvalue weighted by atomic mass is 9.99. The van der Waals surface area contributed by atoms with Crippen LogP contribution in [0.25, 0.3) is 0 Å². The van der Waals surface area contributed by atoms with Crippen molar-refractivity contribution in [3.05, 3.63) is 35.4 Å². The lowest BCUT2D eigenvalue weighted by Crippen LogP contribution is -2.45. The molecule has 0 saturated carbocycles. The maximum Gasteiger partial charge on any atom is 0.255 e. The summed E-state index contributed by atoms with van der Waals surface area (Å²) in [5.41, 5.74) is 6.68. The fourth-order valence-electron chi connectivity index (χ4n) is 2.54. The van der Waals surface area contributed by atoms with Crippen LogP contribution in [0.1, 0.15) is 35.2 Å². The molecule has 1 heterocycles. The van der Waals surface area contributed by atoms with Gasteiger partial charge in [-0.1, -0.05) is 24.0 Å². The fourth-order valence-corrected chi connectivity index (χ4v) is 2.54. The summed E-state index contributed by atoms with van der Waals surface area (Å²) < 4.78 is 0. The Morgan fingerprint density at radius 2 is 2.20 bits per heavy atom. The van der Waals surface area contributed by atoms with E-state index in [0.29, 0.717) is 17.7 Å². The molecule has 0 aromatic heterocycles. The zero-order valence-electron chi connectivity index (χ0n) is 11.5. The number of piperidine rings is 1. The lowest BCUT2D eigenvalue weighted by molar-refractivity contribution is 0.0503. The van der Waals surface area contributed by atoms with Crippen molar-refractivity contribution in [2.24, 2.45) is 5.73 Å². The van der Waals surface area contributed by atoms with Gasteiger partial charge in [0.15, 0.2) is 0 Å². The lowest BCUT2D eigenvalue weighted by Gasteiger charge is -2.34. The van der Waals surface area contributed by atoms with Gasteiger partial charge in [-0.05, 0) is 31.4 Å². The van der Waals surface area contributed by atoms with Crippen LogP contribution < -0.4 is 5.73 Å². The molecule has 1 atom stereocenters. The SMILES string of the molecule is NCC#Cc1ccccc1C(=O)N1CCCCC1CO. The smallest absolute Gasteiger partial charge is 0.255 e. The van der Waals surface area contributed by atoms with Crippen LogP contribution in [0.3, 0.4) is 0 Å². The molecule has 1 aromatic rings. The van der Waals surface area contributed by atoms with E-state index in [1.807, 2.05) is 18.2 Å². The Hall–Kier alpha value is -1.83. The van der Waals surface area contributed by atoms with Crippen LogP contribution >= 0.6 is 0 Å². The molecule has 1 aliphatic heterocycles. The van der Waals surface area contributed by atoms with E-state index in [4.69, 9.17) is 5.73 Å². The molecule has 1 aliphatic rings. The number of aliphatic hydroxyl groups is 1. The third kappa shape index (κ3) is 3.19. The van der Waals surface area contributed by atoms with Crippen molar-refractivity contribution in [3.8, 4) is 11.8 Å². The maximum absolute atomic E-state index is 12.7. The molecule has 0 spiro atoms. The van der Waals surface area contributed by atoms with Crippen LogP contribution in [0.5, 0.6) is 0 Å². The number of nitrogens with zero attached hydrogens (tertiary/aromatic N) is 1. The average molecular weight is 272 g/mol. The van der Waals surface area contributed by atoms with Crippen LogP contribution in [0.15, 0.2) is 24.3 Å². The van der Waals surface area contributed by atoms with E-state index in [9.17, 15) is 9.90 Å². The van der Waals surface area contributed by atoms with Crippen molar-refractivity contribution in [3.63, 3.8) is 0 Å². The summed E-state index contributed by atoms with van der Waals surface area (Å²) in [6, 6.07) is 7.22. The third-order valence-corrected chi connectivity index (χ3v) is 3.58. The summed E-state index contributed by atoms with van der Waals surface area (Å²) in [5, 5.41) is 9.43. The fraction of sp³-hybridized carbons (Fsp3) is 0.438. The number of amides is 1. The highest BCUT2D eigenvalue weighted by Gasteiger charge is 2.27. The summed E-state index contributed by atoms with van der Waals surface area (Å²) in [5.74, 6) is 5.68. The highest BCUT2D eigenvalue weighted by Crippen LogP contribution is 2.20. The largest absolute Gasteiger partial charge is 0.394 e. The Morgan fingerprint density at radius 1 is 1.40 bits per heavy atom. The highest BCUT2D eigenvalue weighted by atomic mass is 16.3. The van der Waals surface area contributed by atoms with Gasteiger partial charge in [-0.25, -0.2) is 0 Å². The number of aliphatic hydroxyl groups excluding tert-OH is 1. The molecule has 20 heavy (non-hydrogen) atoms. The molecular formula is C16H20N2O2. The predicted octanol–water partition coefficient (Wildman–Crippen LogP) is 0.984. The Balaban J connectivity index is 2.28. The molecule has 4 nitrogen and oxygen atoms in total. The summed E-state index contributed by atoms with van der Waals surface area (Å²) in [7, 11) is 0. The number of benzene rings is 1. The van der Waals surface area contributed by atoms with Crippen molar-refractivity contribution >= 4 is 5.91 Å². The van der Waals surface area contributed by atoms with E-state index in [-0.39, 0.29) is 25.1 Å². The first-order valence-corrected chi connectivity index (χ1v) is 6.97. The van der Waals surface area contributed by atoms with Gasteiger partial charge in [0, 0.05) is 12.1 Å². The molecule has 0 bridgehead atoms. The molecule has 3 N–H and O–H groups in total. The molecule has 4 heteroatoms. The summed E-state index contributed by atoms with van der Waals surface area (Å²) >= 11 is 0. The Morgan fingerprint density at radius 3 is 2.95 bits per heavy atom. The molecule has 1 unspecified atom stereocenters. The number of carbonyl (C=O) groups excluding carboxylic acids is 1. The summed E-state index contributed by atoms with van der Waals surface area (Å²) in [4.78, 5) is 14.4. The second kappa shape index (κ2) is 7.09. The molecule has 106 valence electrons. The van der Waals surface area contributed by atoms with E-state index in [1.54, 1.807) is 11.0 Å². The first-order chi connectivity index (χ1) is 9.77. The Bertz CT molecular complexity index is 531. The van der Waals surface area contributed by atoms with E-state index < -0.39 is 0 Å². The van der Waals surface area contributed by atoms with Crippen LogP contribution in [-0.2, 0) is 0 Å². The number of hydrogen-bond donors (Lipinski definition) is 2. The predicted molar refractivity (Wildman–Crippen MR) is 78.1 cm³/mol. The van der Waals surface area contributed by atoms with E-state index in [1.165, 1.54) is 0 Å². The van der Waals surface area contributed by atoms with E-state index in [2.05, 4.69) is 11.8 Å². The molecular weight excluding hydrogens is 252 g/mol. The number of rotatable bonds is 2. The van der Waals surface area contributed by atoms with Gasteiger partial charge < -0.3 is 15.7 Å². The Kier molecular flexibility index (Phi) is 5.16. The minimum atomic E-state index is -0.0771. The van der Waals surface area contributed by atoms with Crippen LogP contribution in [0.4, 0.5) is 0 Å². The quantitative estimate of drug-likeness (QED) is 0.789. The van der Waals surface area contributed by atoms with Crippen molar-refractivity contribution in [2.45, 2.75) is 25.3 Å². The second-order valence-electron chi connectivity index (χ2n) is 4.88. The van der Waals surface area contributed by atoms with Gasteiger partial charge in [0.2, 0.25) is 0 Å². The van der Waals surface area contributed by atoms with E-state index >= 15 is 0 Å². The highest BCUT2D eigenvalue weighted by molar-refractivity contribution is 5.97. The number of likely N-dealkylation sites (tertiary alicyclic amines) is 1. The van der Waals surface area contributed by atoms with Crippen LogP contribution in [-0.4, -0.2) is 41.7 Å². The maximum atomic E-state index is 12.7. The van der Waals surface area contributed by atoms with Gasteiger partial charge in [-0.3, -0.25) is 4.79 Å². The number of nitrogens with two attached hydrogens (primary N) is 1. The topological polar surface area (TPSA) is 66.6 Å². The molecule has 0 aliphatic carbocycles. The van der Waals surface area contributed by atoms with Gasteiger partial charge in [0.25, 0.3) is 5.91 Å². The first kappa shape index (κ1) is 14.6. The molecule has 0 radical (unpaired) electrons. The normalized spacial score (nSPS) is 18.3. The third-order valence-electron chi connectivity index (χ3n) is 3.58. The van der Waals surface area contributed by atoms with E-state index in [0.717, 1.165) is 19.3 Å². The summed E-state index contributed by atoms with van der Waals surface area (Å²) in [6.45, 7) is 0.983. The molecule has 2 rings (SSSR count). The molecule has 1 saturated heterocycles. The summed E-state index contributed by atoms with van der Waals surface area (Å²) in [6.07, 6.45) is 2.90. The standard InChI is InChI=1S/C16H20N2O2/c17-10-5-7-13-6-1-2-9-15(13)16(20)18-11-4-3-8-14(18)12-19/h1-2,6,9,14,19H,3-4,8,10-12,17H2. The molecule has 1 fully saturated rings. The van der Waals surface area contributed by atoms with Crippen molar-refractivity contribution < 1.29 is 9.90 Å². The van der Waals surface area contributed by atoms with Crippen molar-refractivity contribution in [2.75, 3.05) is 19.7 Å². The Labute approximate surface area is 119 Å². The van der Waals surface area contributed by atoms with Gasteiger partial charge in [-0.15, -0.1) is 0 Å². The van der Waals surface area contributed by atoms with Gasteiger partial charge in [0.1, 0.15) is 0 Å². The monoisotopic (exact) mass is 272 g/mol. The zero-order valence-corrected chi connectivity index (χ0v) is 11.5. The van der Waals surface area contributed by atoms with Gasteiger partial charge >= 0.3 is 0 Å². The minimum Gasteiger partial charge on any atom is -0.394 e. The molecule has 1 aromatic carbocycles. The van der Waals surface area contributed by atoms with Crippen molar-refractivity contribution in [1.29, 1.82) is 0 Å². The van der Waals surface area contributed by atoms with Gasteiger partial charge in [-0.2, -0.15) is 0 Å². The van der Waals surface area contributed by atoms with Crippen LogP contribution in [0.2, 0.25) is 0 Å². The van der Waals surface area contributed by atoms with Crippen molar-refractivity contribution in [1.82, 2.24) is 4.90 Å². The number of carbonyl (C=O) groups is 1. The zero-order chi connectivity index (χ0) is 14.4. The average Bonchev–Trinajstić information content (AvgIpc) is 2.52. The molecule has 1 amide bonds. The first-order valence-electron chi connectivity index (χ1n) is 6.97. The second-order valence-corrected chi connectivity index (χ2v) is 4.88. The van der Waals surface area contributed by atoms with Crippen LogP contribution in [0, 0.1) is 11.8 Å². The number of hydrogen-bond acceptors (Lipinski definition) is 3. The minimum absolute atomic E-state index is 0.0163.